The van der Waals surface area contributed by atoms with Gasteiger partial charge in [0.2, 0.25) is 0 Å². The van der Waals surface area contributed by atoms with Crippen molar-refractivity contribution in [3.8, 4) is 0 Å². The molecule has 4 rings (SSSR count). The molecule has 0 heterocycles. The van der Waals surface area contributed by atoms with Crippen molar-refractivity contribution >= 4 is 22.0 Å². The predicted octanol–water partition coefficient (Wildman–Crippen LogP) is 5.79. The summed E-state index contributed by atoms with van der Waals surface area (Å²) >= 11 is 3.47. The molecule has 1 aliphatic carbocycles. The van der Waals surface area contributed by atoms with Gasteiger partial charge in [-0.3, -0.25) is 0 Å². The number of hydrogen-bond acceptors (Lipinski definition) is 1. The first-order valence-corrected chi connectivity index (χ1v) is 9.26. The average molecular weight is 391 g/mol. The van der Waals surface area contributed by atoms with E-state index >= 15 is 0 Å². The van der Waals surface area contributed by atoms with Gasteiger partial charge in [-0.1, -0.05) is 100 Å². The third kappa shape index (κ3) is 3.20. The van der Waals surface area contributed by atoms with Crippen molar-refractivity contribution in [1.29, 1.82) is 0 Å². The summed E-state index contributed by atoms with van der Waals surface area (Å²) in [5, 5.41) is 11.7. The van der Waals surface area contributed by atoms with Gasteiger partial charge in [-0.25, -0.2) is 0 Å². The van der Waals surface area contributed by atoms with Crippen LogP contribution in [0.1, 0.15) is 23.1 Å². The fraction of sp³-hybridized carbons (Fsp3) is 0.130. The van der Waals surface area contributed by atoms with Crippen LogP contribution < -0.4 is 0 Å². The second-order valence-electron chi connectivity index (χ2n) is 6.53. The normalized spacial score (nSPS) is 18.3. The average Bonchev–Trinajstić information content (AvgIpc) is 3.44. The fourth-order valence-electron chi connectivity index (χ4n) is 3.48. The molecule has 0 aliphatic heterocycles. The minimum absolute atomic E-state index is 0.112. The van der Waals surface area contributed by atoms with Gasteiger partial charge in [-0.2, -0.15) is 0 Å². The van der Waals surface area contributed by atoms with Crippen LogP contribution in [0.3, 0.4) is 0 Å². The first-order chi connectivity index (χ1) is 12.2. The molecule has 3 aromatic rings. The van der Waals surface area contributed by atoms with E-state index in [0.29, 0.717) is 0 Å². The summed E-state index contributed by atoms with van der Waals surface area (Å²) < 4.78 is 1.08. The molecule has 25 heavy (non-hydrogen) atoms. The smallest absolute Gasteiger partial charge is 0.121 e. The van der Waals surface area contributed by atoms with Crippen LogP contribution in [0.4, 0.5) is 0 Å². The lowest BCUT2D eigenvalue weighted by Crippen LogP contribution is -2.30. The number of benzene rings is 3. The minimum Gasteiger partial charge on any atom is -0.380 e. The zero-order chi connectivity index (χ0) is 17.3. The van der Waals surface area contributed by atoms with Gasteiger partial charge < -0.3 is 5.11 Å². The number of aliphatic hydroxyl groups is 1. The lowest BCUT2D eigenvalue weighted by atomic mass is 9.82. The van der Waals surface area contributed by atoms with Crippen molar-refractivity contribution in [2.45, 2.75) is 12.0 Å². The molecule has 124 valence electrons. The lowest BCUT2D eigenvalue weighted by molar-refractivity contribution is 0.0612. The summed E-state index contributed by atoms with van der Waals surface area (Å²) in [5.74, 6) is 0.112. The van der Waals surface area contributed by atoms with Gasteiger partial charge in [0.1, 0.15) is 5.60 Å². The van der Waals surface area contributed by atoms with Crippen molar-refractivity contribution in [2.75, 3.05) is 0 Å². The Labute approximate surface area is 156 Å². The first-order valence-electron chi connectivity index (χ1n) is 8.47. The van der Waals surface area contributed by atoms with E-state index in [1.54, 1.807) is 0 Å². The van der Waals surface area contributed by atoms with Gasteiger partial charge in [-0.15, -0.1) is 0 Å². The van der Waals surface area contributed by atoms with Crippen LogP contribution in [0, 0.1) is 5.92 Å². The molecule has 2 heteroatoms. The van der Waals surface area contributed by atoms with Crippen LogP contribution in [-0.4, -0.2) is 5.11 Å². The van der Waals surface area contributed by atoms with E-state index in [2.05, 4.69) is 34.1 Å². The minimum atomic E-state index is -0.982. The molecule has 0 saturated heterocycles. The molecule has 3 aromatic carbocycles. The Hall–Kier alpha value is -2.16. The Morgan fingerprint density at radius 3 is 1.84 bits per heavy atom. The molecule has 0 radical (unpaired) electrons. The van der Waals surface area contributed by atoms with Gasteiger partial charge >= 0.3 is 0 Å². The predicted molar refractivity (Wildman–Crippen MR) is 106 cm³/mol. The summed E-state index contributed by atoms with van der Waals surface area (Å²) in [6.07, 6.45) is 3.12. The third-order valence-electron chi connectivity index (χ3n) is 4.88. The Kier molecular flexibility index (Phi) is 4.32. The topological polar surface area (TPSA) is 20.2 Å². The van der Waals surface area contributed by atoms with E-state index in [4.69, 9.17) is 0 Å². The first kappa shape index (κ1) is 16.3. The summed E-state index contributed by atoms with van der Waals surface area (Å²) in [5.41, 5.74) is 3.38. The quantitative estimate of drug-likeness (QED) is 0.597. The number of halogens is 1. The van der Waals surface area contributed by atoms with Gasteiger partial charge in [-0.05, 0) is 35.2 Å². The van der Waals surface area contributed by atoms with Crippen molar-refractivity contribution in [2.24, 2.45) is 5.92 Å². The van der Waals surface area contributed by atoms with Gasteiger partial charge in [0.25, 0.3) is 0 Å². The molecule has 1 atom stereocenters. The molecule has 1 saturated carbocycles. The van der Waals surface area contributed by atoms with Crippen LogP contribution in [0.25, 0.3) is 6.08 Å². The second-order valence-corrected chi connectivity index (χ2v) is 7.44. The third-order valence-corrected chi connectivity index (χ3v) is 5.41. The summed E-state index contributed by atoms with van der Waals surface area (Å²) in [6, 6.07) is 28.3. The molecule has 1 unspecified atom stereocenters. The summed E-state index contributed by atoms with van der Waals surface area (Å²) in [6.45, 7) is 0. The fourth-order valence-corrected chi connectivity index (χ4v) is 3.74. The maximum Gasteiger partial charge on any atom is 0.121 e. The van der Waals surface area contributed by atoms with Crippen molar-refractivity contribution in [3.05, 3.63) is 112 Å². The van der Waals surface area contributed by atoms with E-state index < -0.39 is 5.60 Å². The molecule has 1 aliphatic rings. The largest absolute Gasteiger partial charge is 0.380 e. The highest BCUT2D eigenvalue weighted by Gasteiger charge is 2.49. The molecule has 1 nitrogen and oxygen atoms in total. The highest BCUT2D eigenvalue weighted by molar-refractivity contribution is 9.10. The van der Waals surface area contributed by atoms with Crippen molar-refractivity contribution < 1.29 is 5.11 Å². The number of hydrogen-bond donors (Lipinski definition) is 1. The molecular formula is C23H19BrO. The van der Waals surface area contributed by atoms with Gasteiger partial charge in [0, 0.05) is 10.4 Å². The molecule has 1 fully saturated rings. The molecule has 0 amide bonds. The van der Waals surface area contributed by atoms with E-state index in [1.165, 1.54) is 11.1 Å². The standard InChI is InChI=1S/C23H19BrO/c24-21-13-11-17(12-14-21)15-18-16-22(18)23(25,19-7-3-1-4-8-19)20-9-5-2-6-10-20/h1-15,22,25H,16H2/b18-15+. The van der Waals surface area contributed by atoms with Crippen LogP contribution in [0.5, 0.6) is 0 Å². The highest BCUT2D eigenvalue weighted by atomic mass is 79.9. The maximum atomic E-state index is 11.7. The monoisotopic (exact) mass is 390 g/mol. The van der Waals surface area contributed by atoms with E-state index in [1.807, 2.05) is 72.8 Å². The summed E-state index contributed by atoms with van der Waals surface area (Å²) in [7, 11) is 0. The Balaban J connectivity index is 1.72. The van der Waals surface area contributed by atoms with Gasteiger partial charge in [0.05, 0.1) is 0 Å². The zero-order valence-corrected chi connectivity index (χ0v) is 15.4. The Morgan fingerprint density at radius 2 is 1.32 bits per heavy atom. The zero-order valence-electron chi connectivity index (χ0n) is 13.8. The molecule has 0 aromatic heterocycles. The molecule has 0 bridgehead atoms. The van der Waals surface area contributed by atoms with Crippen LogP contribution in [0.15, 0.2) is 95.0 Å². The lowest BCUT2D eigenvalue weighted by Gasteiger charge is -2.29. The van der Waals surface area contributed by atoms with E-state index in [9.17, 15) is 5.11 Å². The molecular weight excluding hydrogens is 372 g/mol. The second kappa shape index (κ2) is 6.62. The molecule has 1 N–H and O–H groups in total. The summed E-state index contributed by atoms with van der Waals surface area (Å²) in [4.78, 5) is 0. The molecule has 0 spiro atoms. The van der Waals surface area contributed by atoms with Crippen LogP contribution >= 0.6 is 15.9 Å². The van der Waals surface area contributed by atoms with Crippen molar-refractivity contribution in [3.63, 3.8) is 0 Å². The Bertz CT molecular complexity index is 843. The van der Waals surface area contributed by atoms with E-state index in [-0.39, 0.29) is 5.92 Å². The van der Waals surface area contributed by atoms with Crippen LogP contribution in [-0.2, 0) is 5.60 Å². The Morgan fingerprint density at radius 1 is 0.800 bits per heavy atom. The van der Waals surface area contributed by atoms with E-state index in [0.717, 1.165) is 22.0 Å². The SMILES string of the molecule is OC(c1ccccc1)(c1ccccc1)C1C/C1=C\c1ccc(Br)cc1. The van der Waals surface area contributed by atoms with Crippen LogP contribution in [0.2, 0.25) is 0 Å². The van der Waals surface area contributed by atoms with Crippen molar-refractivity contribution in [1.82, 2.24) is 0 Å². The maximum absolute atomic E-state index is 11.7. The number of rotatable bonds is 4. The highest BCUT2D eigenvalue weighted by Crippen LogP contribution is 2.54. The van der Waals surface area contributed by atoms with Gasteiger partial charge in [0.15, 0.2) is 0 Å².